The summed E-state index contributed by atoms with van der Waals surface area (Å²) < 4.78 is 40.3. The number of amides is 1. The Morgan fingerprint density at radius 2 is 1.61 bits per heavy atom. The van der Waals surface area contributed by atoms with E-state index >= 15 is 0 Å². The summed E-state index contributed by atoms with van der Waals surface area (Å²) in [6.45, 7) is 3.83. The van der Waals surface area contributed by atoms with Gasteiger partial charge < -0.3 is 5.32 Å². The van der Waals surface area contributed by atoms with Gasteiger partial charge in [-0.1, -0.05) is 48.5 Å². The number of nitrogens with one attached hydrogen (secondary N) is 1. The molecule has 4 aromatic rings. The van der Waals surface area contributed by atoms with E-state index in [9.17, 15) is 18.0 Å². The van der Waals surface area contributed by atoms with Gasteiger partial charge in [0.2, 0.25) is 5.91 Å². The van der Waals surface area contributed by atoms with Gasteiger partial charge in [0.05, 0.1) is 6.42 Å². The molecule has 3 aliphatic rings. The minimum atomic E-state index is -4.66. The summed E-state index contributed by atoms with van der Waals surface area (Å²) in [7, 11) is 0. The van der Waals surface area contributed by atoms with E-state index in [0.29, 0.717) is 29.4 Å². The Morgan fingerprint density at radius 1 is 1.00 bits per heavy atom. The number of hydrogen-bond donors (Lipinski definition) is 1. The van der Waals surface area contributed by atoms with Crippen molar-refractivity contribution in [2.24, 2.45) is 5.92 Å². The zero-order chi connectivity index (χ0) is 25.2. The maximum Gasteiger partial charge on any atom is 0.453 e. The fourth-order valence-corrected chi connectivity index (χ4v) is 6.01. The van der Waals surface area contributed by atoms with E-state index in [2.05, 4.69) is 68.9 Å². The van der Waals surface area contributed by atoms with Gasteiger partial charge in [-0.3, -0.25) is 4.79 Å². The number of benzene rings is 2. The lowest BCUT2D eigenvalue weighted by molar-refractivity contribution is -0.144. The van der Waals surface area contributed by atoms with Crippen molar-refractivity contribution in [1.82, 2.24) is 24.9 Å². The second kappa shape index (κ2) is 8.15. The maximum atomic E-state index is 13.1. The predicted octanol–water partition coefficient (Wildman–Crippen LogP) is 4.72. The Morgan fingerprint density at radius 3 is 2.22 bits per heavy atom. The third-order valence-corrected chi connectivity index (χ3v) is 7.62. The van der Waals surface area contributed by atoms with Crippen molar-refractivity contribution in [3.8, 4) is 0 Å². The quantitative estimate of drug-likeness (QED) is 0.449. The average molecular weight is 492 g/mol. The first kappa shape index (κ1) is 22.7. The Bertz CT molecular complexity index is 1460. The molecule has 2 aromatic heterocycles. The number of carbonyl (C=O) groups excluding carboxylic acids is 1. The minimum Gasteiger partial charge on any atom is -0.356 e. The van der Waals surface area contributed by atoms with Crippen LogP contribution in [-0.4, -0.2) is 32.0 Å². The second-order valence-corrected chi connectivity index (χ2v) is 9.67. The monoisotopic (exact) mass is 491 g/mol. The largest absolute Gasteiger partial charge is 0.453 e. The van der Waals surface area contributed by atoms with E-state index in [-0.39, 0.29) is 29.9 Å². The molecule has 2 aromatic carbocycles. The van der Waals surface area contributed by atoms with Gasteiger partial charge in [-0.25, -0.2) is 9.50 Å². The molecule has 184 valence electrons. The number of halogens is 3. The molecule has 36 heavy (non-hydrogen) atoms. The fraction of sp³-hybridized carbons (Fsp3) is 0.333. The molecule has 2 bridgehead atoms. The Balaban J connectivity index is 1.22. The molecule has 3 aliphatic carbocycles. The third-order valence-electron chi connectivity index (χ3n) is 7.62. The van der Waals surface area contributed by atoms with Crippen molar-refractivity contribution in [2.45, 2.75) is 44.7 Å². The van der Waals surface area contributed by atoms with Crippen LogP contribution in [0.5, 0.6) is 0 Å². The van der Waals surface area contributed by atoms with Gasteiger partial charge in [-0.2, -0.15) is 18.2 Å². The van der Waals surface area contributed by atoms with Crippen LogP contribution in [0.15, 0.2) is 48.5 Å². The van der Waals surface area contributed by atoms with Crippen molar-refractivity contribution in [2.75, 3.05) is 6.54 Å². The van der Waals surface area contributed by atoms with Crippen molar-refractivity contribution >= 4 is 11.7 Å². The molecule has 0 radical (unpaired) electrons. The second-order valence-electron chi connectivity index (χ2n) is 9.67. The Kier molecular flexibility index (Phi) is 5.14. The van der Waals surface area contributed by atoms with E-state index in [4.69, 9.17) is 0 Å². The zero-order valence-electron chi connectivity index (χ0n) is 19.8. The lowest BCUT2D eigenvalue weighted by atomic mass is 9.59. The van der Waals surface area contributed by atoms with Gasteiger partial charge >= 0.3 is 6.18 Å². The Hall–Kier alpha value is -3.75. The SMILES string of the molecule is Cc1nc2nc(C(F)(F)F)nn2c(C)c1CC(=O)NCC1CC2c3ccccc3C1c1ccccc12. The molecule has 9 heteroatoms. The molecule has 0 saturated heterocycles. The molecule has 0 saturated carbocycles. The van der Waals surface area contributed by atoms with Crippen molar-refractivity contribution < 1.29 is 18.0 Å². The highest BCUT2D eigenvalue weighted by Crippen LogP contribution is 2.55. The van der Waals surface area contributed by atoms with Crippen LogP contribution in [0.25, 0.3) is 5.78 Å². The van der Waals surface area contributed by atoms with Crippen LogP contribution in [0.3, 0.4) is 0 Å². The third kappa shape index (κ3) is 3.56. The summed E-state index contributed by atoms with van der Waals surface area (Å²) in [6.07, 6.45) is -3.69. The highest BCUT2D eigenvalue weighted by atomic mass is 19.4. The van der Waals surface area contributed by atoms with E-state index in [1.54, 1.807) is 13.8 Å². The zero-order valence-corrected chi connectivity index (χ0v) is 19.8. The number of alkyl halides is 3. The maximum absolute atomic E-state index is 13.1. The molecular formula is C27H24F3N5O. The molecule has 7 rings (SSSR count). The molecule has 6 nitrogen and oxygen atoms in total. The number of aryl methyl sites for hydroxylation is 2. The van der Waals surface area contributed by atoms with E-state index in [0.717, 1.165) is 10.9 Å². The first-order valence-electron chi connectivity index (χ1n) is 12.0. The minimum absolute atomic E-state index is 0.00973. The number of carbonyl (C=O) groups is 1. The van der Waals surface area contributed by atoms with Crippen LogP contribution in [-0.2, 0) is 17.4 Å². The molecule has 1 N–H and O–H groups in total. The van der Waals surface area contributed by atoms with Gasteiger partial charge in [0.1, 0.15) is 0 Å². The van der Waals surface area contributed by atoms with Crippen molar-refractivity contribution in [1.29, 1.82) is 0 Å². The number of hydrogen-bond acceptors (Lipinski definition) is 4. The van der Waals surface area contributed by atoms with E-state index < -0.39 is 12.0 Å². The summed E-state index contributed by atoms with van der Waals surface area (Å²) in [5.41, 5.74) is 6.87. The van der Waals surface area contributed by atoms with E-state index in [1.165, 1.54) is 22.3 Å². The Labute approximate surface area is 205 Å². The van der Waals surface area contributed by atoms with Gasteiger partial charge in [-0.05, 0) is 48.4 Å². The number of rotatable bonds is 4. The van der Waals surface area contributed by atoms with Gasteiger partial charge in [0.15, 0.2) is 0 Å². The molecule has 1 atom stereocenters. The van der Waals surface area contributed by atoms with Gasteiger partial charge in [0, 0.05) is 35.3 Å². The van der Waals surface area contributed by atoms with Crippen molar-refractivity contribution in [3.05, 3.63) is 93.6 Å². The molecule has 0 fully saturated rings. The fourth-order valence-electron chi connectivity index (χ4n) is 6.01. The summed E-state index contributed by atoms with van der Waals surface area (Å²) in [5, 5.41) is 6.65. The molecule has 0 aliphatic heterocycles. The normalized spacial score (nSPS) is 20.3. The lowest BCUT2D eigenvalue weighted by Gasteiger charge is -2.45. The van der Waals surface area contributed by atoms with Gasteiger partial charge in [-0.15, -0.1) is 5.10 Å². The van der Waals surface area contributed by atoms with Crippen molar-refractivity contribution in [3.63, 3.8) is 0 Å². The number of fused-ring (bicyclic) bond motifs is 2. The van der Waals surface area contributed by atoms with Crippen LogP contribution in [0.4, 0.5) is 13.2 Å². The highest BCUT2D eigenvalue weighted by Gasteiger charge is 2.43. The molecular weight excluding hydrogens is 467 g/mol. The van der Waals surface area contributed by atoms with Gasteiger partial charge in [0.25, 0.3) is 11.6 Å². The topological polar surface area (TPSA) is 72.2 Å². The summed E-state index contributed by atoms with van der Waals surface area (Å²) >= 11 is 0. The van der Waals surface area contributed by atoms with Crippen LogP contribution in [0.2, 0.25) is 0 Å². The van der Waals surface area contributed by atoms with Crippen LogP contribution in [0, 0.1) is 19.8 Å². The molecule has 1 amide bonds. The summed E-state index contributed by atoms with van der Waals surface area (Å²) in [5.74, 6) is -0.766. The lowest BCUT2D eigenvalue weighted by Crippen LogP contribution is -2.39. The first-order chi connectivity index (χ1) is 17.2. The molecule has 1 unspecified atom stereocenters. The number of nitrogens with zero attached hydrogens (tertiary/aromatic N) is 4. The van der Waals surface area contributed by atoms with Crippen LogP contribution in [0.1, 0.15) is 63.3 Å². The summed E-state index contributed by atoms with van der Waals surface area (Å²) in [6, 6.07) is 17.1. The molecule has 0 spiro atoms. The predicted molar refractivity (Wildman–Crippen MR) is 127 cm³/mol. The molecule has 2 heterocycles. The summed E-state index contributed by atoms with van der Waals surface area (Å²) in [4.78, 5) is 20.7. The van der Waals surface area contributed by atoms with Crippen LogP contribution >= 0.6 is 0 Å². The first-order valence-corrected chi connectivity index (χ1v) is 12.0. The highest BCUT2D eigenvalue weighted by molar-refractivity contribution is 5.79. The number of aromatic nitrogens is 4. The van der Waals surface area contributed by atoms with Crippen LogP contribution < -0.4 is 5.32 Å². The smallest absolute Gasteiger partial charge is 0.356 e. The van der Waals surface area contributed by atoms with E-state index in [1.807, 2.05) is 0 Å². The average Bonchev–Trinajstić information content (AvgIpc) is 3.30. The standard InChI is InChI=1S/C27H24F3N5O/c1-14-21(15(2)35-26(32-14)33-25(34-35)27(28,29)30)12-23(36)31-13-16-11-22-17-7-3-5-9-19(17)24(16)20-10-6-4-8-18(20)22/h3-10,16,22,24H,11-13H2,1-2H3,(H,31,36).